The SMILES string of the molecule is CCCNC(=O)C(C)NCc1cc(Cl)ccc1[N+](=O)[O-]. The largest absolute Gasteiger partial charge is 0.355 e. The second kappa shape index (κ2) is 7.81. The molecule has 0 saturated carbocycles. The molecule has 20 heavy (non-hydrogen) atoms. The van der Waals surface area contributed by atoms with Gasteiger partial charge in [0.15, 0.2) is 0 Å². The summed E-state index contributed by atoms with van der Waals surface area (Å²) in [4.78, 5) is 22.1. The van der Waals surface area contributed by atoms with Crippen molar-refractivity contribution in [3.05, 3.63) is 38.9 Å². The number of halogens is 1. The second-order valence-electron chi connectivity index (χ2n) is 4.42. The molecule has 1 rings (SSSR count). The van der Waals surface area contributed by atoms with Crippen LogP contribution in [0, 0.1) is 10.1 Å². The van der Waals surface area contributed by atoms with Gasteiger partial charge in [0.2, 0.25) is 5.91 Å². The first-order valence-electron chi connectivity index (χ1n) is 6.39. The Morgan fingerprint density at radius 3 is 2.80 bits per heavy atom. The van der Waals surface area contributed by atoms with Gasteiger partial charge in [0.25, 0.3) is 5.69 Å². The number of carbonyl (C=O) groups is 1. The number of nitro groups is 1. The number of carbonyl (C=O) groups excluding carboxylic acids is 1. The van der Waals surface area contributed by atoms with E-state index in [1.807, 2.05) is 6.92 Å². The lowest BCUT2D eigenvalue weighted by molar-refractivity contribution is -0.385. The van der Waals surface area contributed by atoms with Gasteiger partial charge in [0, 0.05) is 29.7 Å². The summed E-state index contributed by atoms with van der Waals surface area (Å²) in [5.74, 6) is -0.128. The molecule has 1 amide bonds. The number of nitrogens with zero attached hydrogens (tertiary/aromatic N) is 1. The second-order valence-corrected chi connectivity index (χ2v) is 4.86. The van der Waals surface area contributed by atoms with Crippen molar-refractivity contribution in [2.45, 2.75) is 32.9 Å². The standard InChI is InChI=1S/C13H18ClN3O3/c1-3-6-15-13(18)9(2)16-8-10-7-11(14)4-5-12(10)17(19)20/h4-5,7,9,16H,3,6,8H2,1-2H3,(H,15,18). The van der Waals surface area contributed by atoms with Crippen LogP contribution in [0.2, 0.25) is 5.02 Å². The Labute approximate surface area is 122 Å². The molecule has 1 aromatic rings. The van der Waals surface area contributed by atoms with E-state index in [2.05, 4.69) is 10.6 Å². The van der Waals surface area contributed by atoms with Gasteiger partial charge in [0.1, 0.15) is 0 Å². The summed E-state index contributed by atoms with van der Waals surface area (Å²) in [5.41, 5.74) is 0.445. The summed E-state index contributed by atoms with van der Waals surface area (Å²) in [6.07, 6.45) is 0.859. The van der Waals surface area contributed by atoms with Gasteiger partial charge in [-0.05, 0) is 25.5 Å². The normalized spacial score (nSPS) is 11.9. The fourth-order valence-corrected chi connectivity index (χ4v) is 1.83. The number of nitrogens with one attached hydrogen (secondary N) is 2. The van der Waals surface area contributed by atoms with Crippen LogP contribution in [-0.4, -0.2) is 23.4 Å². The lowest BCUT2D eigenvalue weighted by Gasteiger charge is -2.14. The molecule has 0 aromatic heterocycles. The van der Waals surface area contributed by atoms with Crippen LogP contribution in [0.15, 0.2) is 18.2 Å². The average Bonchev–Trinajstić information content (AvgIpc) is 2.41. The lowest BCUT2D eigenvalue weighted by atomic mass is 10.1. The van der Waals surface area contributed by atoms with Crippen molar-refractivity contribution < 1.29 is 9.72 Å². The van der Waals surface area contributed by atoms with E-state index in [1.54, 1.807) is 6.92 Å². The van der Waals surface area contributed by atoms with Gasteiger partial charge in [-0.25, -0.2) is 0 Å². The van der Waals surface area contributed by atoms with Crippen LogP contribution in [0.3, 0.4) is 0 Å². The van der Waals surface area contributed by atoms with E-state index < -0.39 is 11.0 Å². The molecule has 0 saturated heterocycles. The molecule has 1 unspecified atom stereocenters. The number of hydrogen-bond acceptors (Lipinski definition) is 4. The summed E-state index contributed by atoms with van der Waals surface area (Å²) in [6, 6.07) is 3.94. The van der Waals surface area contributed by atoms with Crippen molar-refractivity contribution in [3.8, 4) is 0 Å². The van der Waals surface area contributed by atoms with Crippen molar-refractivity contribution in [1.29, 1.82) is 0 Å². The molecule has 0 fully saturated rings. The van der Waals surface area contributed by atoms with Crippen molar-refractivity contribution in [2.75, 3.05) is 6.54 Å². The van der Waals surface area contributed by atoms with Gasteiger partial charge < -0.3 is 10.6 Å². The van der Waals surface area contributed by atoms with Crippen LogP contribution in [0.1, 0.15) is 25.8 Å². The molecule has 1 atom stereocenters. The summed E-state index contributed by atoms with van der Waals surface area (Å²) in [6.45, 7) is 4.49. The molecule has 7 heteroatoms. The molecule has 2 N–H and O–H groups in total. The van der Waals surface area contributed by atoms with Crippen LogP contribution < -0.4 is 10.6 Å². The van der Waals surface area contributed by atoms with Gasteiger partial charge in [-0.1, -0.05) is 18.5 Å². The summed E-state index contributed by atoms with van der Waals surface area (Å²) in [5, 5.41) is 17.0. The molecule has 0 heterocycles. The monoisotopic (exact) mass is 299 g/mol. The first-order chi connectivity index (χ1) is 9.45. The van der Waals surface area contributed by atoms with Crippen molar-refractivity contribution >= 4 is 23.2 Å². The predicted molar refractivity (Wildman–Crippen MR) is 77.7 cm³/mol. The minimum absolute atomic E-state index is 0.0110. The zero-order chi connectivity index (χ0) is 15.1. The van der Waals surface area contributed by atoms with E-state index in [0.717, 1.165) is 6.42 Å². The molecule has 0 bridgehead atoms. The summed E-state index contributed by atoms with van der Waals surface area (Å²) >= 11 is 5.84. The molecule has 0 aliphatic heterocycles. The molecule has 1 aromatic carbocycles. The molecule has 0 aliphatic carbocycles. The topological polar surface area (TPSA) is 84.3 Å². The molecule has 0 spiro atoms. The fourth-order valence-electron chi connectivity index (χ4n) is 1.63. The maximum Gasteiger partial charge on any atom is 0.273 e. The van der Waals surface area contributed by atoms with Crippen molar-refractivity contribution in [1.82, 2.24) is 10.6 Å². The Balaban J connectivity index is 2.67. The fraction of sp³-hybridized carbons (Fsp3) is 0.462. The van der Waals surface area contributed by atoms with Gasteiger partial charge in [-0.15, -0.1) is 0 Å². The van der Waals surface area contributed by atoms with Gasteiger partial charge >= 0.3 is 0 Å². The maximum absolute atomic E-state index is 11.7. The predicted octanol–water partition coefficient (Wildman–Crippen LogP) is 2.25. The number of benzene rings is 1. The first kappa shape index (κ1) is 16.4. The minimum atomic E-state index is -0.463. The third kappa shape index (κ3) is 4.79. The number of hydrogen-bond donors (Lipinski definition) is 2. The molecule has 0 aliphatic rings. The van der Waals surface area contributed by atoms with Crippen molar-refractivity contribution in [3.63, 3.8) is 0 Å². The highest BCUT2D eigenvalue weighted by molar-refractivity contribution is 6.30. The van der Waals surface area contributed by atoms with E-state index in [1.165, 1.54) is 18.2 Å². The molecular formula is C13H18ClN3O3. The molecule has 110 valence electrons. The van der Waals surface area contributed by atoms with Crippen LogP contribution in [0.5, 0.6) is 0 Å². The molecule has 0 radical (unpaired) electrons. The number of nitro benzene ring substituents is 1. The number of amides is 1. The van der Waals surface area contributed by atoms with Crippen LogP contribution >= 0.6 is 11.6 Å². The van der Waals surface area contributed by atoms with E-state index >= 15 is 0 Å². The Morgan fingerprint density at radius 1 is 1.50 bits per heavy atom. The van der Waals surface area contributed by atoms with Crippen LogP contribution in [0.4, 0.5) is 5.69 Å². The van der Waals surface area contributed by atoms with E-state index in [9.17, 15) is 14.9 Å². The minimum Gasteiger partial charge on any atom is -0.355 e. The van der Waals surface area contributed by atoms with Gasteiger partial charge in [-0.2, -0.15) is 0 Å². The third-order valence-electron chi connectivity index (χ3n) is 2.78. The van der Waals surface area contributed by atoms with Gasteiger partial charge in [0.05, 0.1) is 11.0 Å². The molecule has 6 nitrogen and oxygen atoms in total. The zero-order valence-electron chi connectivity index (χ0n) is 11.5. The third-order valence-corrected chi connectivity index (χ3v) is 3.01. The van der Waals surface area contributed by atoms with Gasteiger partial charge in [-0.3, -0.25) is 14.9 Å². The Bertz CT molecular complexity index is 494. The first-order valence-corrected chi connectivity index (χ1v) is 6.77. The van der Waals surface area contributed by atoms with E-state index in [4.69, 9.17) is 11.6 Å². The summed E-state index contributed by atoms with van der Waals surface area (Å²) in [7, 11) is 0. The zero-order valence-corrected chi connectivity index (χ0v) is 12.2. The van der Waals surface area contributed by atoms with E-state index in [0.29, 0.717) is 17.1 Å². The Morgan fingerprint density at radius 2 is 2.20 bits per heavy atom. The van der Waals surface area contributed by atoms with Crippen LogP contribution in [-0.2, 0) is 11.3 Å². The highest BCUT2D eigenvalue weighted by Gasteiger charge is 2.16. The smallest absolute Gasteiger partial charge is 0.273 e. The average molecular weight is 300 g/mol. The summed E-state index contributed by atoms with van der Waals surface area (Å²) < 4.78 is 0. The molecular weight excluding hydrogens is 282 g/mol. The lowest BCUT2D eigenvalue weighted by Crippen LogP contribution is -2.42. The highest BCUT2D eigenvalue weighted by Crippen LogP contribution is 2.22. The maximum atomic E-state index is 11.7. The quantitative estimate of drug-likeness (QED) is 0.597. The Kier molecular flexibility index (Phi) is 6.41. The van der Waals surface area contributed by atoms with Crippen LogP contribution in [0.25, 0.3) is 0 Å². The van der Waals surface area contributed by atoms with E-state index in [-0.39, 0.29) is 18.1 Å². The highest BCUT2D eigenvalue weighted by atomic mass is 35.5. The van der Waals surface area contributed by atoms with Crippen molar-refractivity contribution in [2.24, 2.45) is 0 Å². The Hall–Kier alpha value is -1.66. The number of rotatable bonds is 7.